The lowest BCUT2D eigenvalue weighted by Crippen LogP contribution is -1.81. The molecule has 2 aromatic rings. The quantitative estimate of drug-likeness (QED) is 0.645. The molecule has 0 radical (unpaired) electrons. The van der Waals surface area contributed by atoms with Crippen molar-refractivity contribution < 1.29 is 4.39 Å². The van der Waals surface area contributed by atoms with Crippen molar-refractivity contribution in [1.29, 1.82) is 0 Å². The van der Waals surface area contributed by atoms with Gasteiger partial charge in [-0.2, -0.15) is 0 Å². The summed E-state index contributed by atoms with van der Waals surface area (Å²) in [4.78, 5) is 0. The number of fused-ring (bicyclic) bond motifs is 1. The highest BCUT2D eigenvalue weighted by Crippen LogP contribution is 2.29. The molecule has 0 saturated heterocycles. The zero-order chi connectivity index (χ0) is 9.42. The number of halogens is 1. The Morgan fingerprint density at radius 2 is 2.15 bits per heavy atom. The summed E-state index contributed by atoms with van der Waals surface area (Å²) in [5.41, 5.74) is 2.29. The molecule has 0 aliphatic carbocycles. The third-order valence-corrected chi connectivity index (χ3v) is 3.47. The Balaban J connectivity index is 2.82. The van der Waals surface area contributed by atoms with Crippen molar-refractivity contribution in [2.45, 2.75) is 20.3 Å². The first-order chi connectivity index (χ1) is 6.22. The number of hydrogen-bond acceptors (Lipinski definition) is 1. The summed E-state index contributed by atoms with van der Waals surface area (Å²) in [6, 6.07) is 3.23. The van der Waals surface area contributed by atoms with E-state index in [1.807, 2.05) is 6.92 Å². The van der Waals surface area contributed by atoms with Crippen molar-refractivity contribution in [3.05, 3.63) is 34.5 Å². The van der Waals surface area contributed by atoms with E-state index in [1.54, 1.807) is 23.5 Å². The van der Waals surface area contributed by atoms with Crippen LogP contribution in [-0.2, 0) is 6.42 Å². The van der Waals surface area contributed by atoms with Crippen molar-refractivity contribution in [2.24, 2.45) is 0 Å². The van der Waals surface area contributed by atoms with Gasteiger partial charge < -0.3 is 0 Å². The van der Waals surface area contributed by atoms with Crippen molar-refractivity contribution in [3.8, 4) is 0 Å². The zero-order valence-corrected chi connectivity index (χ0v) is 8.54. The molecule has 1 aromatic heterocycles. The summed E-state index contributed by atoms with van der Waals surface area (Å²) in [5, 5.41) is 3.21. The van der Waals surface area contributed by atoms with Crippen LogP contribution in [0.15, 0.2) is 17.5 Å². The van der Waals surface area contributed by atoms with E-state index in [1.165, 1.54) is 10.3 Å². The fourth-order valence-electron chi connectivity index (χ4n) is 1.59. The first-order valence-corrected chi connectivity index (χ1v) is 5.26. The molecule has 2 rings (SSSR count). The van der Waals surface area contributed by atoms with Crippen LogP contribution < -0.4 is 0 Å². The second kappa shape index (κ2) is 3.11. The monoisotopic (exact) mass is 194 g/mol. The normalized spacial score (nSPS) is 11.0. The number of hydrogen-bond donors (Lipinski definition) is 0. The predicted molar refractivity (Wildman–Crippen MR) is 55.9 cm³/mol. The second-order valence-corrected chi connectivity index (χ2v) is 4.09. The highest BCUT2D eigenvalue weighted by molar-refractivity contribution is 7.17. The number of rotatable bonds is 1. The van der Waals surface area contributed by atoms with Gasteiger partial charge in [-0.05, 0) is 47.4 Å². The molecule has 1 aromatic carbocycles. The SMILES string of the molecule is CCc1csc2c(C)cc(F)cc12. The van der Waals surface area contributed by atoms with E-state index < -0.39 is 0 Å². The fraction of sp³-hybridized carbons (Fsp3) is 0.273. The molecule has 0 amide bonds. The van der Waals surface area contributed by atoms with E-state index in [2.05, 4.69) is 12.3 Å². The molecular weight excluding hydrogens is 183 g/mol. The minimum absolute atomic E-state index is 0.127. The Hall–Kier alpha value is -0.890. The highest BCUT2D eigenvalue weighted by atomic mass is 32.1. The molecular formula is C11H11FS. The molecule has 0 nitrogen and oxygen atoms in total. The maximum atomic E-state index is 13.1. The largest absolute Gasteiger partial charge is 0.207 e. The lowest BCUT2D eigenvalue weighted by atomic mass is 10.1. The Morgan fingerprint density at radius 3 is 2.85 bits per heavy atom. The van der Waals surface area contributed by atoms with Gasteiger partial charge in [0.05, 0.1) is 0 Å². The van der Waals surface area contributed by atoms with Gasteiger partial charge in [-0.15, -0.1) is 11.3 Å². The fourth-order valence-corrected chi connectivity index (χ4v) is 2.71. The van der Waals surface area contributed by atoms with Crippen molar-refractivity contribution in [3.63, 3.8) is 0 Å². The van der Waals surface area contributed by atoms with E-state index in [0.717, 1.165) is 17.4 Å². The van der Waals surface area contributed by atoms with Gasteiger partial charge in [-0.1, -0.05) is 6.92 Å². The lowest BCUT2D eigenvalue weighted by molar-refractivity contribution is 0.628. The van der Waals surface area contributed by atoms with Gasteiger partial charge in [0.25, 0.3) is 0 Å². The van der Waals surface area contributed by atoms with Crippen LogP contribution in [0, 0.1) is 12.7 Å². The van der Waals surface area contributed by atoms with Crippen LogP contribution in [-0.4, -0.2) is 0 Å². The minimum Gasteiger partial charge on any atom is -0.207 e. The van der Waals surface area contributed by atoms with Crippen molar-refractivity contribution >= 4 is 21.4 Å². The Morgan fingerprint density at radius 1 is 1.38 bits per heavy atom. The van der Waals surface area contributed by atoms with Crippen molar-refractivity contribution in [2.75, 3.05) is 0 Å². The summed E-state index contributed by atoms with van der Waals surface area (Å²) >= 11 is 1.71. The molecule has 13 heavy (non-hydrogen) atoms. The van der Waals surface area contributed by atoms with Gasteiger partial charge in [0.1, 0.15) is 5.82 Å². The molecule has 2 heteroatoms. The zero-order valence-electron chi connectivity index (χ0n) is 7.73. The first kappa shape index (κ1) is 8.70. The van der Waals surface area contributed by atoms with Crippen LogP contribution in [0.25, 0.3) is 10.1 Å². The van der Waals surface area contributed by atoms with Crippen LogP contribution in [0.4, 0.5) is 4.39 Å². The van der Waals surface area contributed by atoms with Gasteiger partial charge in [-0.3, -0.25) is 0 Å². The molecule has 0 atom stereocenters. The van der Waals surface area contributed by atoms with E-state index >= 15 is 0 Å². The molecule has 0 spiro atoms. The third kappa shape index (κ3) is 1.35. The smallest absolute Gasteiger partial charge is 0.124 e. The number of thiophene rings is 1. The molecule has 0 aliphatic rings. The number of aryl methyl sites for hydroxylation is 2. The molecule has 1 heterocycles. The molecule has 68 valence electrons. The summed E-state index contributed by atoms with van der Waals surface area (Å²) in [5.74, 6) is -0.127. The summed E-state index contributed by atoms with van der Waals surface area (Å²) in [6.45, 7) is 4.06. The third-order valence-electron chi connectivity index (χ3n) is 2.29. The Kier molecular flexibility index (Phi) is 2.08. The van der Waals surface area contributed by atoms with E-state index in [9.17, 15) is 4.39 Å². The number of benzene rings is 1. The average Bonchev–Trinajstić information content (AvgIpc) is 2.47. The molecule has 0 saturated carbocycles. The van der Waals surface area contributed by atoms with Gasteiger partial charge in [0.2, 0.25) is 0 Å². The maximum Gasteiger partial charge on any atom is 0.124 e. The van der Waals surface area contributed by atoms with E-state index in [-0.39, 0.29) is 5.82 Å². The lowest BCUT2D eigenvalue weighted by Gasteiger charge is -1.98. The minimum atomic E-state index is -0.127. The molecule has 0 fully saturated rings. The van der Waals surface area contributed by atoms with Gasteiger partial charge >= 0.3 is 0 Å². The van der Waals surface area contributed by atoms with E-state index in [0.29, 0.717) is 0 Å². The van der Waals surface area contributed by atoms with Gasteiger partial charge in [-0.25, -0.2) is 4.39 Å². The molecule has 0 bridgehead atoms. The maximum absolute atomic E-state index is 13.1. The Labute approximate surface area is 81.0 Å². The van der Waals surface area contributed by atoms with Gasteiger partial charge in [0, 0.05) is 4.70 Å². The van der Waals surface area contributed by atoms with Crippen LogP contribution in [0.1, 0.15) is 18.1 Å². The summed E-state index contributed by atoms with van der Waals surface area (Å²) < 4.78 is 14.3. The first-order valence-electron chi connectivity index (χ1n) is 4.38. The molecule has 0 unspecified atom stereocenters. The van der Waals surface area contributed by atoms with Crippen LogP contribution >= 0.6 is 11.3 Å². The second-order valence-electron chi connectivity index (χ2n) is 3.21. The van der Waals surface area contributed by atoms with Gasteiger partial charge in [0.15, 0.2) is 0 Å². The Bertz CT molecular complexity index is 443. The van der Waals surface area contributed by atoms with Crippen LogP contribution in [0.5, 0.6) is 0 Å². The van der Waals surface area contributed by atoms with Crippen LogP contribution in [0.3, 0.4) is 0 Å². The average molecular weight is 194 g/mol. The standard InChI is InChI=1S/C11H11FS/c1-3-8-6-13-11-7(2)4-9(12)5-10(8)11/h4-6H,3H2,1-2H3. The van der Waals surface area contributed by atoms with E-state index in [4.69, 9.17) is 0 Å². The molecule has 0 N–H and O–H groups in total. The molecule has 0 aliphatic heterocycles. The van der Waals surface area contributed by atoms with Crippen LogP contribution in [0.2, 0.25) is 0 Å². The summed E-state index contributed by atoms with van der Waals surface area (Å²) in [7, 11) is 0. The predicted octanol–water partition coefficient (Wildman–Crippen LogP) is 3.91. The topological polar surface area (TPSA) is 0 Å². The highest BCUT2D eigenvalue weighted by Gasteiger charge is 2.06. The van der Waals surface area contributed by atoms with Crippen molar-refractivity contribution in [1.82, 2.24) is 0 Å². The summed E-state index contributed by atoms with van der Waals surface area (Å²) in [6.07, 6.45) is 0.975.